The molecule has 0 heterocycles. The van der Waals surface area contributed by atoms with Gasteiger partial charge in [-0.25, -0.2) is 0 Å². The van der Waals surface area contributed by atoms with Crippen molar-refractivity contribution in [2.24, 2.45) is 5.73 Å². The van der Waals surface area contributed by atoms with Gasteiger partial charge in [0.1, 0.15) is 6.61 Å². The lowest BCUT2D eigenvalue weighted by Crippen LogP contribution is -2.12. The Labute approximate surface area is 135 Å². The molecule has 2 aromatic carbocycles. The first-order chi connectivity index (χ1) is 11.1. The predicted octanol–water partition coefficient (Wildman–Crippen LogP) is 3.14. The maximum Gasteiger partial charge on any atom is 0.303 e. The van der Waals surface area contributed by atoms with E-state index in [0.29, 0.717) is 24.5 Å². The monoisotopic (exact) mass is 315 g/mol. The highest BCUT2D eigenvalue weighted by Gasteiger charge is 2.12. The second-order valence-corrected chi connectivity index (χ2v) is 5.22. The highest BCUT2D eigenvalue weighted by atomic mass is 16.5. The summed E-state index contributed by atoms with van der Waals surface area (Å²) < 4.78 is 11.1. The van der Waals surface area contributed by atoms with Crippen LogP contribution < -0.4 is 15.2 Å². The number of carboxylic acid groups (broad SMARTS) is 1. The number of hydrogen-bond donors (Lipinski definition) is 2. The molecule has 0 aliphatic heterocycles. The maximum absolute atomic E-state index is 10.7. The number of benzene rings is 2. The fourth-order valence-electron chi connectivity index (χ4n) is 2.22. The maximum atomic E-state index is 10.7. The van der Waals surface area contributed by atoms with Crippen LogP contribution in [-0.4, -0.2) is 18.2 Å². The van der Waals surface area contributed by atoms with Gasteiger partial charge in [-0.1, -0.05) is 36.4 Å². The number of hydrogen-bond acceptors (Lipinski definition) is 4. The molecule has 0 aromatic heterocycles. The minimum Gasteiger partial charge on any atom is -0.493 e. The van der Waals surface area contributed by atoms with Crippen molar-refractivity contribution in [3.63, 3.8) is 0 Å². The Bertz CT molecular complexity index is 643. The fraction of sp³-hybridized carbons (Fsp3) is 0.278. The molecule has 1 atom stereocenters. The molecule has 0 aliphatic carbocycles. The molecule has 0 saturated carbocycles. The third kappa shape index (κ3) is 5.00. The molecule has 0 fully saturated rings. The van der Waals surface area contributed by atoms with Crippen LogP contribution in [0.15, 0.2) is 48.5 Å². The Hall–Kier alpha value is -2.53. The molecular formula is C18H21NO4. The Kier molecular flexibility index (Phi) is 6.00. The van der Waals surface area contributed by atoms with E-state index in [4.69, 9.17) is 20.3 Å². The van der Waals surface area contributed by atoms with Crippen molar-refractivity contribution in [1.82, 2.24) is 0 Å². The summed E-state index contributed by atoms with van der Waals surface area (Å²) in [5, 5.41) is 8.76. The van der Waals surface area contributed by atoms with Crippen LogP contribution >= 0.6 is 0 Å². The van der Waals surface area contributed by atoms with Crippen LogP contribution in [-0.2, 0) is 11.4 Å². The van der Waals surface area contributed by atoms with Gasteiger partial charge in [0.2, 0.25) is 0 Å². The minimum absolute atomic E-state index is 0.0351. The summed E-state index contributed by atoms with van der Waals surface area (Å²) in [6.45, 7) is 0.422. The Balaban J connectivity index is 2.10. The van der Waals surface area contributed by atoms with Gasteiger partial charge in [-0.3, -0.25) is 4.79 Å². The summed E-state index contributed by atoms with van der Waals surface area (Å²) in [5.74, 6) is 0.365. The van der Waals surface area contributed by atoms with E-state index in [0.717, 1.165) is 11.1 Å². The number of rotatable bonds is 8. The van der Waals surface area contributed by atoms with Crippen molar-refractivity contribution in [2.45, 2.75) is 25.5 Å². The van der Waals surface area contributed by atoms with E-state index in [1.807, 2.05) is 42.5 Å². The highest BCUT2D eigenvalue weighted by Crippen LogP contribution is 2.31. The Morgan fingerprint density at radius 1 is 1.17 bits per heavy atom. The summed E-state index contributed by atoms with van der Waals surface area (Å²) in [5.41, 5.74) is 7.93. The quantitative estimate of drug-likeness (QED) is 0.782. The standard InChI is InChI=1S/C18H21NO4/c1-22-16-9-7-14(15(19)8-10-18(20)21)11-17(16)23-12-13-5-3-2-4-6-13/h2-7,9,11,15H,8,10,12,19H2,1H3,(H,20,21). The van der Waals surface area contributed by atoms with E-state index >= 15 is 0 Å². The number of nitrogens with two attached hydrogens (primary N) is 1. The lowest BCUT2D eigenvalue weighted by molar-refractivity contribution is -0.137. The minimum atomic E-state index is -0.852. The van der Waals surface area contributed by atoms with Gasteiger partial charge in [0.05, 0.1) is 7.11 Å². The van der Waals surface area contributed by atoms with Gasteiger partial charge in [0.25, 0.3) is 0 Å². The summed E-state index contributed by atoms with van der Waals surface area (Å²) in [6.07, 6.45) is 0.410. The second-order valence-electron chi connectivity index (χ2n) is 5.22. The fourth-order valence-corrected chi connectivity index (χ4v) is 2.22. The normalized spacial score (nSPS) is 11.7. The molecule has 2 aromatic rings. The third-order valence-corrected chi connectivity index (χ3v) is 3.52. The molecule has 23 heavy (non-hydrogen) atoms. The summed E-state index contributed by atoms with van der Waals surface area (Å²) in [7, 11) is 1.58. The van der Waals surface area contributed by atoms with Gasteiger partial charge in [0.15, 0.2) is 11.5 Å². The zero-order chi connectivity index (χ0) is 16.7. The van der Waals surface area contributed by atoms with Crippen LogP contribution in [0.1, 0.15) is 30.0 Å². The molecule has 0 amide bonds. The van der Waals surface area contributed by atoms with Gasteiger partial charge in [-0.05, 0) is 29.7 Å². The molecule has 0 radical (unpaired) electrons. The van der Waals surface area contributed by atoms with Crippen molar-refractivity contribution in [1.29, 1.82) is 0 Å². The summed E-state index contributed by atoms with van der Waals surface area (Å²) >= 11 is 0. The SMILES string of the molecule is COc1ccc(C(N)CCC(=O)O)cc1OCc1ccccc1. The molecule has 3 N–H and O–H groups in total. The van der Waals surface area contributed by atoms with Crippen molar-refractivity contribution < 1.29 is 19.4 Å². The van der Waals surface area contributed by atoms with E-state index < -0.39 is 5.97 Å². The van der Waals surface area contributed by atoms with E-state index in [-0.39, 0.29) is 12.5 Å². The summed E-state index contributed by atoms with van der Waals surface area (Å²) in [4.78, 5) is 10.7. The highest BCUT2D eigenvalue weighted by molar-refractivity contribution is 5.66. The number of aliphatic carboxylic acids is 1. The van der Waals surface area contributed by atoms with Crippen LogP contribution in [0.3, 0.4) is 0 Å². The largest absolute Gasteiger partial charge is 0.493 e. The zero-order valence-electron chi connectivity index (χ0n) is 13.1. The first kappa shape index (κ1) is 16.8. The third-order valence-electron chi connectivity index (χ3n) is 3.52. The van der Waals surface area contributed by atoms with E-state index in [2.05, 4.69) is 0 Å². The molecule has 0 spiro atoms. The van der Waals surface area contributed by atoms with Gasteiger partial charge in [-0.15, -0.1) is 0 Å². The molecular weight excluding hydrogens is 294 g/mol. The average Bonchev–Trinajstić information content (AvgIpc) is 2.58. The van der Waals surface area contributed by atoms with Crippen LogP contribution in [0.25, 0.3) is 0 Å². The molecule has 2 rings (SSSR count). The van der Waals surface area contributed by atoms with Crippen molar-refractivity contribution in [3.05, 3.63) is 59.7 Å². The molecule has 0 saturated heterocycles. The Morgan fingerprint density at radius 2 is 1.91 bits per heavy atom. The molecule has 1 unspecified atom stereocenters. The lowest BCUT2D eigenvalue weighted by Gasteiger charge is -2.15. The zero-order valence-corrected chi connectivity index (χ0v) is 13.1. The number of ether oxygens (including phenoxy) is 2. The Morgan fingerprint density at radius 3 is 2.57 bits per heavy atom. The average molecular weight is 315 g/mol. The number of methoxy groups -OCH3 is 1. The first-order valence-electron chi connectivity index (χ1n) is 7.42. The van der Waals surface area contributed by atoms with E-state index in [9.17, 15) is 4.79 Å². The summed E-state index contributed by atoms with van der Waals surface area (Å²) in [6, 6.07) is 14.9. The van der Waals surface area contributed by atoms with Gasteiger partial charge >= 0.3 is 5.97 Å². The second kappa shape index (κ2) is 8.19. The van der Waals surface area contributed by atoms with Gasteiger partial charge in [0, 0.05) is 12.5 Å². The molecule has 5 nitrogen and oxygen atoms in total. The number of carboxylic acids is 1. The lowest BCUT2D eigenvalue weighted by atomic mass is 10.0. The molecule has 0 bridgehead atoms. The smallest absolute Gasteiger partial charge is 0.303 e. The van der Waals surface area contributed by atoms with Crippen LogP contribution in [0.2, 0.25) is 0 Å². The van der Waals surface area contributed by atoms with Crippen molar-refractivity contribution in [2.75, 3.05) is 7.11 Å². The van der Waals surface area contributed by atoms with Crippen molar-refractivity contribution in [3.8, 4) is 11.5 Å². The van der Waals surface area contributed by atoms with Crippen LogP contribution in [0.5, 0.6) is 11.5 Å². The van der Waals surface area contributed by atoms with Gasteiger partial charge in [-0.2, -0.15) is 0 Å². The first-order valence-corrected chi connectivity index (χ1v) is 7.42. The topological polar surface area (TPSA) is 81.8 Å². The molecule has 122 valence electrons. The van der Waals surface area contributed by atoms with E-state index in [1.54, 1.807) is 13.2 Å². The molecule has 5 heteroatoms. The van der Waals surface area contributed by atoms with Crippen LogP contribution in [0.4, 0.5) is 0 Å². The molecule has 0 aliphatic rings. The van der Waals surface area contributed by atoms with Gasteiger partial charge < -0.3 is 20.3 Å². The number of carbonyl (C=O) groups is 1. The van der Waals surface area contributed by atoms with Crippen molar-refractivity contribution >= 4 is 5.97 Å². The van der Waals surface area contributed by atoms with Crippen LogP contribution in [0, 0.1) is 0 Å². The van der Waals surface area contributed by atoms with E-state index in [1.165, 1.54) is 0 Å². The predicted molar refractivity (Wildman–Crippen MR) is 87.6 cm³/mol.